The number of rotatable bonds is 7. The molecular weight excluding hydrogens is 357 g/mol. The second kappa shape index (κ2) is 8.98. The number of benzene rings is 1. The first-order valence-corrected chi connectivity index (χ1v) is 8.21. The maximum Gasteiger partial charge on any atom is 0.328 e. The van der Waals surface area contributed by atoms with E-state index >= 15 is 0 Å². The highest BCUT2D eigenvalue weighted by atomic mass is 19.1. The van der Waals surface area contributed by atoms with Crippen LogP contribution in [0.15, 0.2) is 45.8 Å². The molecule has 0 aliphatic carbocycles. The van der Waals surface area contributed by atoms with E-state index in [0.717, 1.165) is 12.3 Å². The Morgan fingerprint density at radius 1 is 1.26 bits per heavy atom. The molecule has 7 nitrogen and oxygen atoms in total. The van der Waals surface area contributed by atoms with Crippen molar-refractivity contribution in [3.63, 3.8) is 0 Å². The highest BCUT2D eigenvalue weighted by Gasteiger charge is 2.26. The molecule has 1 atom stereocenters. The Morgan fingerprint density at radius 2 is 1.96 bits per heavy atom. The summed E-state index contributed by atoms with van der Waals surface area (Å²) in [6.45, 7) is 3.30. The molecule has 144 valence electrons. The van der Waals surface area contributed by atoms with Gasteiger partial charge in [0.2, 0.25) is 11.2 Å². The van der Waals surface area contributed by atoms with Gasteiger partial charge in [-0.05, 0) is 12.0 Å². The Balaban J connectivity index is 2.09. The van der Waals surface area contributed by atoms with Gasteiger partial charge in [0.15, 0.2) is 5.76 Å². The normalized spacial score (nSPS) is 11.7. The van der Waals surface area contributed by atoms with Crippen LogP contribution < -0.4 is 15.5 Å². The smallest absolute Gasteiger partial charge is 0.328 e. The van der Waals surface area contributed by atoms with Crippen molar-refractivity contribution in [2.45, 2.75) is 26.5 Å². The van der Waals surface area contributed by atoms with Crippen molar-refractivity contribution in [1.82, 2.24) is 5.32 Å². The highest BCUT2D eigenvalue weighted by molar-refractivity contribution is 5.94. The van der Waals surface area contributed by atoms with E-state index in [2.05, 4.69) is 10.1 Å². The minimum atomic E-state index is -0.884. The average molecular weight is 377 g/mol. The predicted octanol–water partition coefficient (Wildman–Crippen LogP) is 2.29. The number of ether oxygens (including phenoxy) is 2. The van der Waals surface area contributed by atoms with Crippen molar-refractivity contribution in [3.8, 4) is 5.75 Å². The van der Waals surface area contributed by atoms with Gasteiger partial charge in [0.25, 0.3) is 5.91 Å². The Bertz CT molecular complexity index is 876. The predicted molar refractivity (Wildman–Crippen MR) is 93.8 cm³/mol. The van der Waals surface area contributed by atoms with Gasteiger partial charge in [0.05, 0.1) is 7.11 Å². The Hall–Kier alpha value is -3.16. The number of carbonyl (C=O) groups excluding carboxylic acids is 2. The largest absolute Gasteiger partial charge is 0.482 e. The zero-order valence-corrected chi connectivity index (χ0v) is 15.2. The summed E-state index contributed by atoms with van der Waals surface area (Å²) in [4.78, 5) is 36.0. The number of halogens is 1. The number of hydrogen-bond acceptors (Lipinski definition) is 6. The van der Waals surface area contributed by atoms with E-state index in [4.69, 9.17) is 9.15 Å². The van der Waals surface area contributed by atoms with Gasteiger partial charge in [-0.25, -0.2) is 9.18 Å². The Kier molecular flexibility index (Phi) is 6.70. The van der Waals surface area contributed by atoms with Gasteiger partial charge in [-0.3, -0.25) is 9.59 Å². The molecule has 0 bridgehead atoms. The molecule has 0 radical (unpaired) electrons. The lowest BCUT2D eigenvalue weighted by Crippen LogP contribution is -2.45. The molecule has 0 fully saturated rings. The summed E-state index contributed by atoms with van der Waals surface area (Å²) in [5.74, 6) is -2.48. The number of esters is 1. The molecule has 1 aromatic heterocycles. The highest BCUT2D eigenvalue weighted by Crippen LogP contribution is 2.12. The summed E-state index contributed by atoms with van der Waals surface area (Å²) >= 11 is 0. The molecule has 0 spiro atoms. The molecule has 1 N–H and O–H groups in total. The SMILES string of the molecule is COC(=O)[C@H](NC(=O)c1cc(=O)c(OCc2ccccc2F)co1)C(C)C. The van der Waals surface area contributed by atoms with Crippen LogP contribution >= 0.6 is 0 Å². The van der Waals surface area contributed by atoms with Crippen molar-refractivity contribution in [1.29, 1.82) is 0 Å². The number of hydrogen-bond donors (Lipinski definition) is 1. The fourth-order valence-electron chi connectivity index (χ4n) is 2.23. The van der Waals surface area contributed by atoms with Gasteiger partial charge in [-0.15, -0.1) is 0 Å². The lowest BCUT2D eigenvalue weighted by molar-refractivity contribution is -0.144. The van der Waals surface area contributed by atoms with E-state index in [-0.39, 0.29) is 29.6 Å². The molecule has 0 aliphatic rings. The van der Waals surface area contributed by atoms with Crippen molar-refractivity contribution < 1.29 is 27.9 Å². The number of nitrogens with one attached hydrogen (secondary N) is 1. The first kappa shape index (κ1) is 20.2. The number of methoxy groups -OCH3 is 1. The monoisotopic (exact) mass is 377 g/mol. The van der Waals surface area contributed by atoms with Crippen molar-refractivity contribution >= 4 is 11.9 Å². The molecule has 1 aromatic carbocycles. The van der Waals surface area contributed by atoms with E-state index in [1.807, 2.05) is 0 Å². The minimum absolute atomic E-state index is 0.164. The molecule has 1 amide bonds. The summed E-state index contributed by atoms with van der Waals surface area (Å²) in [6, 6.07) is 6.05. The van der Waals surface area contributed by atoms with Crippen molar-refractivity contribution in [2.75, 3.05) is 7.11 Å². The average Bonchev–Trinajstić information content (AvgIpc) is 2.65. The molecule has 2 aromatic rings. The zero-order valence-electron chi connectivity index (χ0n) is 15.2. The summed E-state index contributed by atoms with van der Waals surface area (Å²) in [5.41, 5.74) is -0.335. The summed E-state index contributed by atoms with van der Waals surface area (Å²) in [6.07, 6.45) is 0.973. The molecule has 0 aliphatic heterocycles. The van der Waals surface area contributed by atoms with Crippen molar-refractivity contribution in [3.05, 3.63) is 64.0 Å². The maximum atomic E-state index is 13.6. The van der Waals surface area contributed by atoms with Crippen LogP contribution in [0.5, 0.6) is 5.75 Å². The third-order valence-electron chi connectivity index (χ3n) is 3.77. The second-order valence-corrected chi connectivity index (χ2v) is 6.07. The zero-order chi connectivity index (χ0) is 20.0. The fraction of sp³-hybridized carbons (Fsp3) is 0.316. The molecule has 0 saturated heterocycles. The minimum Gasteiger partial charge on any atom is -0.482 e. The van der Waals surface area contributed by atoms with E-state index in [1.165, 1.54) is 19.2 Å². The van der Waals surface area contributed by atoms with Crippen LogP contribution in [0.2, 0.25) is 0 Å². The summed E-state index contributed by atoms with van der Waals surface area (Å²) in [5, 5.41) is 2.46. The number of carbonyl (C=O) groups is 2. The molecule has 27 heavy (non-hydrogen) atoms. The van der Waals surface area contributed by atoms with E-state index in [9.17, 15) is 18.8 Å². The summed E-state index contributed by atoms with van der Waals surface area (Å²) < 4.78 is 28.6. The van der Waals surface area contributed by atoms with Crippen LogP contribution in [-0.4, -0.2) is 25.0 Å². The van der Waals surface area contributed by atoms with Gasteiger partial charge >= 0.3 is 5.97 Å². The first-order chi connectivity index (χ1) is 12.8. The van der Waals surface area contributed by atoms with Gasteiger partial charge < -0.3 is 19.2 Å². The van der Waals surface area contributed by atoms with Crippen molar-refractivity contribution in [2.24, 2.45) is 5.92 Å². The topological polar surface area (TPSA) is 94.8 Å². The van der Waals surface area contributed by atoms with Gasteiger partial charge in [-0.2, -0.15) is 0 Å². The third-order valence-corrected chi connectivity index (χ3v) is 3.77. The van der Waals surface area contributed by atoms with E-state index < -0.39 is 29.2 Å². The molecule has 0 saturated carbocycles. The maximum absolute atomic E-state index is 13.6. The summed E-state index contributed by atoms with van der Waals surface area (Å²) in [7, 11) is 1.21. The standard InChI is InChI=1S/C19H20FNO6/c1-11(2)17(19(24)25-3)21-18(23)15-8-14(22)16(10-27-15)26-9-12-6-4-5-7-13(12)20/h4-8,10-11,17H,9H2,1-3H3,(H,21,23)/t17-/m1/s1. The Morgan fingerprint density at radius 3 is 2.56 bits per heavy atom. The van der Waals surface area contributed by atoms with Crippen LogP contribution in [0.25, 0.3) is 0 Å². The molecule has 2 rings (SSSR count). The lowest BCUT2D eigenvalue weighted by atomic mass is 10.0. The van der Waals surface area contributed by atoms with E-state index in [1.54, 1.807) is 26.0 Å². The van der Waals surface area contributed by atoms with E-state index in [0.29, 0.717) is 0 Å². The fourth-order valence-corrected chi connectivity index (χ4v) is 2.23. The molecule has 1 heterocycles. The van der Waals surface area contributed by atoms with Gasteiger partial charge in [0, 0.05) is 11.6 Å². The van der Waals surface area contributed by atoms with Crippen LogP contribution in [-0.2, 0) is 16.1 Å². The number of amides is 1. The van der Waals surface area contributed by atoms with Crippen LogP contribution in [0, 0.1) is 11.7 Å². The van der Waals surface area contributed by atoms with Crippen LogP contribution in [0.4, 0.5) is 4.39 Å². The third kappa shape index (κ3) is 5.16. The lowest BCUT2D eigenvalue weighted by Gasteiger charge is -2.19. The second-order valence-electron chi connectivity index (χ2n) is 6.07. The van der Waals surface area contributed by atoms with Crippen LogP contribution in [0.3, 0.4) is 0 Å². The Labute approximate surface area is 155 Å². The molecule has 8 heteroatoms. The first-order valence-electron chi connectivity index (χ1n) is 8.21. The molecule has 0 unspecified atom stereocenters. The van der Waals surface area contributed by atoms with Gasteiger partial charge in [0.1, 0.15) is 24.7 Å². The van der Waals surface area contributed by atoms with Crippen LogP contribution in [0.1, 0.15) is 30.0 Å². The quantitative estimate of drug-likeness (QED) is 0.744. The van der Waals surface area contributed by atoms with Gasteiger partial charge in [-0.1, -0.05) is 32.0 Å². The molecular formula is C19H20FNO6.